The Morgan fingerprint density at radius 2 is 1.82 bits per heavy atom. The molecule has 0 aliphatic carbocycles. The molecule has 3 amide bonds. The van der Waals surface area contributed by atoms with Crippen LogP contribution < -0.4 is 25.4 Å². The van der Waals surface area contributed by atoms with Gasteiger partial charge in [-0.3, -0.25) is 4.79 Å². The second-order valence-electron chi connectivity index (χ2n) is 6.14. The van der Waals surface area contributed by atoms with Crippen LogP contribution in [0, 0.1) is 0 Å². The molecule has 3 rings (SSSR count). The molecule has 0 spiro atoms. The number of amides is 3. The summed E-state index contributed by atoms with van der Waals surface area (Å²) in [7, 11) is 3.07. The summed E-state index contributed by atoms with van der Waals surface area (Å²) in [6.45, 7) is 1.70. The van der Waals surface area contributed by atoms with Gasteiger partial charge in [0.05, 0.1) is 31.5 Å². The molecule has 1 aliphatic heterocycles. The number of benzene rings is 2. The normalized spacial score (nSPS) is 16.1. The molecule has 1 atom stereocenters. The van der Waals surface area contributed by atoms with E-state index in [1.165, 1.54) is 7.11 Å². The van der Waals surface area contributed by atoms with E-state index in [0.717, 1.165) is 10.0 Å². The van der Waals surface area contributed by atoms with Gasteiger partial charge in [-0.15, -0.1) is 0 Å². The van der Waals surface area contributed by atoms with Crippen LogP contribution in [0.4, 0.5) is 10.5 Å². The van der Waals surface area contributed by atoms with Crippen molar-refractivity contribution < 1.29 is 19.1 Å². The lowest BCUT2D eigenvalue weighted by Gasteiger charge is -2.29. The number of hydrogen-bond donors (Lipinski definition) is 3. The van der Waals surface area contributed by atoms with Gasteiger partial charge in [0.2, 0.25) is 0 Å². The molecule has 0 saturated heterocycles. The van der Waals surface area contributed by atoms with E-state index in [9.17, 15) is 9.59 Å². The number of methoxy groups -OCH3 is 2. The predicted molar refractivity (Wildman–Crippen MR) is 109 cm³/mol. The first-order chi connectivity index (χ1) is 13.4. The van der Waals surface area contributed by atoms with Crippen molar-refractivity contribution in [2.45, 2.75) is 13.0 Å². The van der Waals surface area contributed by atoms with Gasteiger partial charge < -0.3 is 25.4 Å². The third-order valence-electron chi connectivity index (χ3n) is 4.37. The van der Waals surface area contributed by atoms with Crippen LogP contribution in [0.1, 0.15) is 18.5 Å². The summed E-state index contributed by atoms with van der Waals surface area (Å²) in [6.07, 6.45) is 0. The van der Waals surface area contributed by atoms with Crippen LogP contribution in [0.2, 0.25) is 0 Å². The number of nitrogens with one attached hydrogen (secondary N) is 3. The van der Waals surface area contributed by atoms with Gasteiger partial charge in [0.15, 0.2) is 0 Å². The molecule has 0 bridgehead atoms. The van der Waals surface area contributed by atoms with Crippen molar-refractivity contribution in [2.75, 3.05) is 19.5 Å². The minimum Gasteiger partial charge on any atom is -0.497 e. The Morgan fingerprint density at radius 1 is 1.11 bits per heavy atom. The van der Waals surface area contributed by atoms with Crippen LogP contribution in [-0.2, 0) is 4.79 Å². The Kier molecular flexibility index (Phi) is 5.89. The monoisotopic (exact) mass is 445 g/mol. The highest BCUT2D eigenvalue weighted by Crippen LogP contribution is 2.32. The number of urea groups is 1. The molecule has 1 aliphatic rings. The highest BCUT2D eigenvalue weighted by molar-refractivity contribution is 9.10. The molecule has 0 fully saturated rings. The minimum atomic E-state index is -0.585. The second kappa shape index (κ2) is 8.35. The minimum absolute atomic E-state index is 0.357. The van der Waals surface area contributed by atoms with E-state index >= 15 is 0 Å². The predicted octanol–water partition coefficient (Wildman–Crippen LogP) is 3.73. The van der Waals surface area contributed by atoms with Crippen molar-refractivity contribution in [1.82, 2.24) is 10.6 Å². The van der Waals surface area contributed by atoms with Gasteiger partial charge in [0.1, 0.15) is 11.5 Å². The topological polar surface area (TPSA) is 88.7 Å². The van der Waals surface area contributed by atoms with Gasteiger partial charge >= 0.3 is 6.03 Å². The van der Waals surface area contributed by atoms with Gasteiger partial charge in [0, 0.05) is 16.2 Å². The number of halogens is 1. The average molecular weight is 446 g/mol. The average Bonchev–Trinajstić information content (AvgIpc) is 2.67. The van der Waals surface area contributed by atoms with Gasteiger partial charge in [-0.25, -0.2) is 4.79 Å². The molecule has 146 valence electrons. The maximum absolute atomic E-state index is 13.1. The largest absolute Gasteiger partial charge is 0.497 e. The first kappa shape index (κ1) is 19.8. The van der Waals surface area contributed by atoms with Crippen LogP contribution in [0.3, 0.4) is 0 Å². The van der Waals surface area contributed by atoms with Crippen LogP contribution in [0.15, 0.2) is 58.2 Å². The summed E-state index contributed by atoms with van der Waals surface area (Å²) >= 11 is 3.39. The van der Waals surface area contributed by atoms with E-state index < -0.39 is 6.04 Å². The smallest absolute Gasteiger partial charge is 0.319 e. The molecule has 8 heteroatoms. The van der Waals surface area contributed by atoms with E-state index in [1.807, 2.05) is 24.3 Å². The zero-order valence-corrected chi connectivity index (χ0v) is 17.2. The maximum atomic E-state index is 13.1. The van der Waals surface area contributed by atoms with Crippen molar-refractivity contribution in [3.63, 3.8) is 0 Å². The van der Waals surface area contributed by atoms with Crippen molar-refractivity contribution in [3.05, 3.63) is 63.8 Å². The van der Waals surface area contributed by atoms with E-state index in [2.05, 4.69) is 31.9 Å². The zero-order valence-electron chi connectivity index (χ0n) is 15.6. The van der Waals surface area contributed by atoms with Crippen molar-refractivity contribution in [3.8, 4) is 11.5 Å². The third-order valence-corrected chi connectivity index (χ3v) is 4.90. The second-order valence-corrected chi connectivity index (χ2v) is 7.06. The molecule has 1 heterocycles. The number of ether oxygens (including phenoxy) is 2. The maximum Gasteiger partial charge on any atom is 0.319 e. The molecule has 0 aromatic heterocycles. The molecule has 28 heavy (non-hydrogen) atoms. The van der Waals surface area contributed by atoms with E-state index in [-0.39, 0.29) is 11.9 Å². The number of carbonyl (C=O) groups is 2. The molecule has 0 radical (unpaired) electrons. The van der Waals surface area contributed by atoms with Crippen molar-refractivity contribution in [1.29, 1.82) is 0 Å². The SMILES string of the molecule is COc1ccc(OC)c(NC(=O)C2=C(C)NC(=O)NC2c2ccc(Br)cc2)c1. The Balaban J connectivity index is 1.97. The fourth-order valence-electron chi connectivity index (χ4n) is 3.00. The number of anilines is 1. The highest BCUT2D eigenvalue weighted by atomic mass is 79.9. The summed E-state index contributed by atoms with van der Waals surface area (Å²) < 4.78 is 11.5. The quantitative estimate of drug-likeness (QED) is 0.653. The molecule has 1 unspecified atom stereocenters. The molecular weight excluding hydrogens is 426 g/mol. The summed E-state index contributed by atoms with van der Waals surface area (Å²) in [5.74, 6) is 0.728. The number of carbonyl (C=O) groups excluding carboxylic acids is 2. The van der Waals surface area contributed by atoms with Crippen LogP contribution >= 0.6 is 15.9 Å². The lowest BCUT2D eigenvalue weighted by Crippen LogP contribution is -2.45. The lowest BCUT2D eigenvalue weighted by atomic mass is 9.95. The summed E-state index contributed by atoms with van der Waals surface area (Å²) in [5.41, 5.74) is 2.15. The number of allylic oxidation sites excluding steroid dienone is 1. The Hall–Kier alpha value is -3.00. The van der Waals surface area contributed by atoms with E-state index in [4.69, 9.17) is 9.47 Å². The van der Waals surface area contributed by atoms with Gasteiger partial charge in [0.25, 0.3) is 5.91 Å². The highest BCUT2D eigenvalue weighted by Gasteiger charge is 2.31. The summed E-state index contributed by atoms with van der Waals surface area (Å²) in [6, 6.07) is 11.6. The van der Waals surface area contributed by atoms with Gasteiger partial charge in [-0.2, -0.15) is 0 Å². The first-order valence-electron chi connectivity index (χ1n) is 8.50. The fraction of sp³-hybridized carbons (Fsp3) is 0.200. The number of rotatable bonds is 5. The van der Waals surface area contributed by atoms with E-state index in [1.54, 1.807) is 32.2 Å². The zero-order chi connectivity index (χ0) is 20.3. The molecular formula is C20H20BrN3O4. The summed E-state index contributed by atoms with van der Waals surface area (Å²) in [4.78, 5) is 25.1. The fourth-order valence-corrected chi connectivity index (χ4v) is 3.27. The van der Waals surface area contributed by atoms with Crippen molar-refractivity contribution in [2.24, 2.45) is 0 Å². The van der Waals surface area contributed by atoms with Gasteiger partial charge in [-0.05, 0) is 36.8 Å². The molecule has 7 nitrogen and oxygen atoms in total. The first-order valence-corrected chi connectivity index (χ1v) is 9.29. The third kappa shape index (κ3) is 4.12. The Bertz CT molecular complexity index is 941. The Morgan fingerprint density at radius 3 is 2.46 bits per heavy atom. The molecule has 2 aromatic rings. The van der Waals surface area contributed by atoms with Crippen molar-refractivity contribution >= 4 is 33.6 Å². The Labute approximate surface area is 171 Å². The van der Waals surface area contributed by atoms with E-state index in [0.29, 0.717) is 28.5 Å². The van der Waals surface area contributed by atoms with Gasteiger partial charge in [-0.1, -0.05) is 28.1 Å². The molecule has 0 saturated carbocycles. The van der Waals surface area contributed by atoms with Crippen LogP contribution in [0.5, 0.6) is 11.5 Å². The molecule has 3 N–H and O–H groups in total. The standard InChI is InChI=1S/C20H20BrN3O4/c1-11-17(18(24-20(26)22-11)12-4-6-13(21)7-5-12)19(25)23-15-10-14(27-2)8-9-16(15)28-3/h4-10,18H,1-3H3,(H,23,25)(H2,22,24,26). The van der Waals surface area contributed by atoms with Crippen LogP contribution in [-0.4, -0.2) is 26.2 Å². The number of hydrogen-bond acceptors (Lipinski definition) is 4. The summed E-state index contributed by atoms with van der Waals surface area (Å²) in [5, 5.41) is 8.33. The molecule has 2 aromatic carbocycles. The van der Waals surface area contributed by atoms with Crippen LogP contribution in [0.25, 0.3) is 0 Å². The lowest BCUT2D eigenvalue weighted by molar-refractivity contribution is -0.113.